The Morgan fingerprint density at radius 3 is 2.61 bits per heavy atom. The maximum absolute atomic E-state index is 12.2. The standard InChI is InChI=1S/C11H15N3O3S/c1-8-12-11(18(15,16)13(2)3)10-7-9(17-4)5-6-14(8)10/h5-7H,1-4H3. The molecule has 18 heavy (non-hydrogen) atoms. The van der Waals surface area contributed by atoms with Gasteiger partial charge in [0.2, 0.25) is 0 Å². The number of hydrogen-bond acceptors (Lipinski definition) is 4. The summed E-state index contributed by atoms with van der Waals surface area (Å²) in [4.78, 5) is 4.14. The number of methoxy groups -OCH3 is 1. The number of ether oxygens (including phenoxy) is 1. The van der Waals surface area contributed by atoms with E-state index in [1.807, 2.05) is 0 Å². The lowest BCUT2D eigenvalue weighted by Crippen LogP contribution is -2.22. The molecule has 6 nitrogen and oxygen atoms in total. The molecule has 7 heteroatoms. The van der Waals surface area contributed by atoms with E-state index in [4.69, 9.17) is 4.74 Å². The SMILES string of the molecule is COc1ccn2c(C)nc(S(=O)(=O)N(C)C)c2c1. The molecule has 0 aromatic carbocycles. The van der Waals surface area contributed by atoms with Crippen LogP contribution in [0.5, 0.6) is 5.75 Å². The number of pyridine rings is 1. The summed E-state index contributed by atoms with van der Waals surface area (Å²) in [7, 11) is 0.939. The molecule has 2 aromatic heterocycles. The first-order valence-electron chi connectivity index (χ1n) is 5.33. The zero-order chi connectivity index (χ0) is 13.5. The Morgan fingerprint density at radius 1 is 1.39 bits per heavy atom. The summed E-state index contributed by atoms with van der Waals surface area (Å²) in [5.74, 6) is 1.21. The minimum absolute atomic E-state index is 0.0453. The van der Waals surface area contributed by atoms with E-state index >= 15 is 0 Å². The topological polar surface area (TPSA) is 63.9 Å². The third kappa shape index (κ3) is 1.85. The Kier molecular flexibility index (Phi) is 3.04. The van der Waals surface area contributed by atoms with E-state index in [0.717, 1.165) is 4.31 Å². The molecule has 0 aliphatic heterocycles. The lowest BCUT2D eigenvalue weighted by atomic mass is 10.4. The lowest BCUT2D eigenvalue weighted by Gasteiger charge is -2.09. The maximum atomic E-state index is 12.2. The smallest absolute Gasteiger partial charge is 0.262 e. The van der Waals surface area contributed by atoms with Crippen molar-refractivity contribution in [1.29, 1.82) is 0 Å². The van der Waals surface area contributed by atoms with Gasteiger partial charge in [-0.25, -0.2) is 17.7 Å². The van der Waals surface area contributed by atoms with Crippen molar-refractivity contribution in [2.24, 2.45) is 0 Å². The predicted molar refractivity (Wildman–Crippen MR) is 67.4 cm³/mol. The van der Waals surface area contributed by atoms with E-state index in [-0.39, 0.29) is 5.03 Å². The highest BCUT2D eigenvalue weighted by Crippen LogP contribution is 2.23. The van der Waals surface area contributed by atoms with E-state index in [1.54, 1.807) is 29.7 Å². The quantitative estimate of drug-likeness (QED) is 0.830. The van der Waals surface area contributed by atoms with Gasteiger partial charge < -0.3 is 9.14 Å². The van der Waals surface area contributed by atoms with Gasteiger partial charge in [-0.15, -0.1) is 0 Å². The summed E-state index contributed by atoms with van der Waals surface area (Å²) in [6, 6.07) is 3.42. The molecule has 0 atom stereocenters. The van der Waals surface area contributed by atoms with Crippen LogP contribution in [0.25, 0.3) is 5.52 Å². The first-order chi connectivity index (χ1) is 8.37. The van der Waals surface area contributed by atoms with Crippen molar-refractivity contribution in [3.8, 4) is 5.75 Å². The molecule has 0 saturated heterocycles. The number of imidazole rings is 1. The van der Waals surface area contributed by atoms with Crippen LogP contribution >= 0.6 is 0 Å². The lowest BCUT2D eigenvalue weighted by molar-refractivity contribution is 0.414. The van der Waals surface area contributed by atoms with Gasteiger partial charge >= 0.3 is 0 Å². The van der Waals surface area contributed by atoms with Gasteiger partial charge in [-0.2, -0.15) is 0 Å². The molecule has 0 aliphatic rings. The van der Waals surface area contributed by atoms with E-state index < -0.39 is 10.0 Å². The Hall–Kier alpha value is -1.60. The van der Waals surface area contributed by atoms with Crippen molar-refractivity contribution in [3.05, 3.63) is 24.2 Å². The molecule has 0 saturated carbocycles. The predicted octanol–water partition coefficient (Wildman–Crippen LogP) is 0.902. The molecule has 0 amide bonds. The second kappa shape index (κ2) is 4.25. The van der Waals surface area contributed by atoms with Crippen molar-refractivity contribution in [1.82, 2.24) is 13.7 Å². The largest absolute Gasteiger partial charge is 0.497 e. The molecule has 0 spiro atoms. The van der Waals surface area contributed by atoms with E-state index in [9.17, 15) is 8.42 Å². The highest BCUT2D eigenvalue weighted by atomic mass is 32.2. The van der Waals surface area contributed by atoms with Gasteiger partial charge in [0, 0.05) is 26.4 Å². The minimum Gasteiger partial charge on any atom is -0.497 e. The van der Waals surface area contributed by atoms with Crippen LogP contribution in [0.4, 0.5) is 0 Å². The number of fused-ring (bicyclic) bond motifs is 1. The number of rotatable bonds is 3. The molecule has 0 unspecified atom stereocenters. The number of sulfonamides is 1. The van der Waals surface area contributed by atoms with Gasteiger partial charge in [-0.1, -0.05) is 0 Å². The van der Waals surface area contributed by atoms with Crippen molar-refractivity contribution in [3.63, 3.8) is 0 Å². The number of nitrogens with zero attached hydrogens (tertiary/aromatic N) is 3. The molecular formula is C11H15N3O3S. The van der Waals surface area contributed by atoms with E-state index in [1.165, 1.54) is 21.2 Å². The first kappa shape index (κ1) is 12.8. The van der Waals surface area contributed by atoms with E-state index in [2.05, 4.69) is 4.98 Å². The van der Waals surface area contributed by atoms with Crippen LogP contribution in [0.1, 0.15) is 5.82 Å². The molecule has 0 radical (unpaired) electrons. The third-order valence-corrected chi connectivity index (χ3v) is 4.47. The highest BCUT2D eigenvalue weighted by Gasteiger charge is 2.24. The first-order valence-corrected chi connectivity index (χ1v) is 6.77. The van der Waals surface area contributed by atoms with Crippen LogP contribution in [-0.4, -0.2) is 43.3 Å². The molecule has 2 rings (SSSR count). The average Bonchev–Trinajstić information content (AvgIpc) is 2.66. The van der Waals surface area contributed by atoms with Gasteiger partial charge in [0.25, 0.3) is 10.0 Å². The molecule has 2 aromatic rings. The number of hydrogen-bond donors (Lipinski definition) is 0. The van der Waals surface area contributed by atoms with Crippen LogP contribution in [0.2, 0.25) is 0 Å². The second-order valence-electron chi connectivity index (χ2n) is 4.07. The van der Waals surface area contributed by atoms with Gasteiger partial charge in [-0.05, 0) is 13.0 Å². The number of aromatic nitrogens is 2. The fraction of sp³-hybridized carbons (Fsp3) is 0.364. The molecule has 2 heterocycles. The molecule has 0 bridgehead atoms. The Bertz CT molecular complexity index is 689. The van der Waals surface area contributed by atoms with Gasteiger partial charge in [0.1, 0.15) is 11.6 Å². The van der Waals surface area contributed by atoms with Crippen LogP contribution < -0.4 is 4.74 Å². The van der Waals surface area contributed by atoms with Gasteiger partial charge in [-0.3, -0.25) is 0 Å². The van der Waals surface area contributed by atoms with Crippen molar-refractivity contribution < 1.29 is 13.2 Å². The van der Waals surface area contributed by atoms with Crippen molar-refractivity contribution >= 4 is 15.5 Å². The third-order valence-electron chi connectivity index (χ3n) is 2.72. The normalized spacial score (nSPS) is 12.3. The molecule has 0 N–H and O–H groups in total. The second-order valence-corrected chi connectivity index (χ2v) is 6.14. The Labute approximate surface area is 106 Å². The Balaban J connectivity index is 2.80. The monoisotopic (exact) mass is 269 g/mol. The zero-order valence-electron chi connectivity index (χ0n) is 10.7. The summed E-state index contributed by atoms with van der Waals surface area (Å²) >= 11 is 0. The van der Waals surface area contributed by atoms with Crippen molar-refractivity contribution in [2.75, 3.05) is 21.2 Å². The van der Waals surface area contributed by atoms with Crippen LogP contribution in [0, 0.1) is 6.92 Å². The molecule has 0 fully saturated rings. The summed E-state index contributed by atoms with van der Waals surface area (Å²) in [6.45, 7) is 1.76. The van der Waals surface area contributed by atoms with Crippen LogP contribution in [0.15, 0.2) is 23.4 Å². The summed E-state index contributed by atoms with van der Waals surface area (Å²) in [5, 5.41) is 0.0453. The highest BCUT2D eigenvalue weighted by molar-refractivity contribution is 7.89. The fourth-order valence-corrected chi connectivity index (χ4v) is 2.69. The van der Waals surface area contributed by atoms with E-state index in [0.29, 0.717) is 17.1 Å². The van der Waals surface area contributed by atoms with Crippen molar-refractivity contribution in [2.45, 2.75) is 11.9 Å². The Morgan fingerprint density at radius 2 is 2.06 bits per heavy atom. The minimum atomic E-state index is -3.56. The summed E-state index contributed by atoms with van der Waals surface area (Å²) in [5.41, 5.74) is 0.514. The average molecular weight is 269 g/mol. The molecular weight excluding hydrogens is 254 g/mol. The maximum Gasteiger partial charge on any atom is 0.262 e. The molecule has 0 aliphatic carbocycles. The van der Waals surface area contributed by atoms with Gasteiger partial charge in [0.05, 0.1) is 12.6 Å². The van der Waals surface area contributed by atoms with Gasteiger partial charge in [0.15, 0.2) is 5.03 Å². The summed E-state index contributed by atoms with van der Waals surface area (Å²) in [6.07, 6.45) is 1.74. The van der Waals surface area contributed by atoms with Crippen LogP contribution in [-0.2, 0) is 10.0 Å². The molecule has 98 valence electrons. The zero-order valence-corrected chi connectivity index (χ0v) is 11.5. The summed E-state index contributed by atoms with van der Waals surface area (Å²) < 4.78 is 32.3. The van der Waals surface area contributed by atoms with Crippen LogP contribution in [0.3, 0.4) is 0 Å². The fourth-order valence-electron chi connectivity index (χ4n) is 1.68. The number of aryl methyl sites for hydroxylation is 1.